The van der Waals surface area contributed by atoms with Gasteiger partial charge in [-0.2, -0.15) is 18.3 Å². The zero-order chi connectivity index (χ0) is 20.2. The highest BCUT2D eigenvalue weighted by Crippen LogP contribution is 2.33. The summed E-state index contributed by atoms with van der Waals surface area (Å²) in [6, 6.07) is 0.781. The van der Waals surface area contributed by atoms with Gasteiger partial charge in [-0.1, -0.05) is 0 Å². The van der Waals surface area contributed by atoms with Gasteiger partial charge in [-0.25, -0.2) is 19.3 Å². The minimum absolute atomic E-state index is 0.0842. The highest BCUT2D eigenvalue weighted by atomic mass is 79.9. The van der Waals surface area contributed by atoms with E-state index < -0.39 is 29.4 Å². The first kappa shape index (κ1) is 20.7. The maximum Gasteiger partial charge on any atom is 0.420 e. The van der Waals surface area contributed by atoms with Gasteiger partial charge in [-0.15, -0.1) is 0 Å². The predicted octanol–water partition coefficient (Wildman–Crippen LogP) is 3.37. The van der Waals surface area contributed by atoms with E-state index in [1.165, 1.54) is 19.2 Å². The first-order valence-electron chi connectivity index (χ1n) is 7.72. The van der Waals surface area contributed by atoms with Crippen LogP contribution in [0.3, 0.4) is 0 Å². The van der Waals surface area contributed by atoms with Gasteiger partial charge in [-0.05, 0) is 29.8 Å². The maximum atomic E-state index is 13.3. The van der Waals surface area contributed by atoms with Crippen molar-refractivity contribution in [3.8, 4) is 5.69 Å². The lowest BCUT2D eigenvalue weighted by atomic mass is 10.2. The summed E-state index contributed by atoms with van der Waals surface area (Å²) in [6.45, 7) is 3.48. The van der Waals surface area contributed by atoms with Crippen molar-refractivity contribution in [3.05, 3.63) is 34.2 Å². The summed E-state index contributed by atoms with van der Waals surface area (Å²) >= 11 is 3.17. The summed E-state index contributed by atoms with van der Waals surface area (Å²) < 4.78 is 45.6. The van der Waals surface area contributed by atoms with Gasteiger partial charge in [0, 0.05) is 25.0 Å². The normalized spacial score (nSPS) is 11.2. The second kappa shape index (κ2) is 8.37. The Kier molecular flexibility index (Phi) is 6.41. The molecule has 2 N–H and O–H groups in total. The molecule has 0 bridgehead atoms. The number of amides is 2. The van der Waals surface area contributed by atoms with Crippen LogP contribution in [0.4, 0.5) is 23.8 Å². The number of carbonyl (C=O) groups is 2. The summed E-state index contributed by atoms with van der Waals surface area (Å²) in [5.41, 5.74) is -1.95. The van der Waals surface area contributed by atoms with E-state index in [9.17, 15) is 22.8 Å². The highest BCUT2D eigenvalue weighted by Gasteiger charge is 2.39. The van der Waals surface area contributed by atoms with Gasteiger partial charge in [0.05, 0.1) is 16.8 Å². The van der Waals surface area contributed by atoms with E-state index in [0.29, 0.717) is 17.2 Å². The Morgan fingerprint density at radius 1 is 1.33 bits per heavy atom. The van der Waals surface area contributed by atoms with E-state index >= 15 is 0 Å². The number of nitrogens with zero attached hydrogens (tertiary/aromatic N) is 3. The van der Waals surface area contributed by atoms with Gasteiger partial charge in [0.1, 0.15) is 11.4 Å². The van der Waals surface area contributed by atoms with Gasteiger partial charge < -0.3 is 10.1 Å². The van der Waals surface area contributed by atoms with Crippen LogP contribution < -0.4 is 10.6 Å². The molecule has 0 saturated heterocycles. The Balaban J connectivity index is 2.48. The summed E-state index contributed by atoms with van der Waals surface area (Å²) in [7, 11) is 0. The molecule has 0 spiro atoms. The molecule has 12 heteroatoms. The molecule has 2 amide bonds. The number of rotatable bonds is 5. The van der Waals surface area contributed by atoms with E-state index in [0.717, 1.165) is 4.68 Å². The lowest BCUT2D eigenvalue weighted by Crippen LogP contribution is -2.28. The number of pyridine rings is 1. The van der Waals surface area contributed by atoms with Gasteiger partial charge in [0.2, 0.25) is 0 Å². The number of nitrogens with one attached hydrogen (secondary N) is 2. The second-order valence-electron chi connectivity index (χ2n) is 5.06. The van der Waals surface area contributed by atoms with Crippen molar-refractivity contribution in [3.63, 3.8) is 0 Å². The summed E-state index contributed by atoms with van der Waals surface area (Å²) in [5, 5.41) is 8.65. The molecule has 0 radical (unpaired) electrons. The number of halogens is 4. The zero-order valence-corrected chi connectivity index (χ0v) is 15.8. The van der Waals surface area contributed by atoms with Crippen molar-refractivity contribution >= 4 is 33.7 Å². The Bertz CT molecular complexity index is 854. The smallest absolute Gasteiger partial charge is 0.420 e. The molecule has 2 heterocycles. The van der Waals surface area contributed by atoms with Crippen LogP contribution in [-0.4, -0.2) is 39.9 Å². The summed E-state index contributed by atoms with van der Waals surface area (Å²) in [6.07, 6.45) is -2.85. The summed E-state index contributed by atoms with van der Waals surface area (Å²) in [4.78, 5) is 27.4. The molecule has 2 aromatic heterocycles. The molecule has 27 heavy (non-hydrogen) atoms. The third kappa shape index (κ3) is 4.96. The van der Waals surface area contributed by atoms with Crippen LogP contribution in [0.5, 0.6) is 0 Å². The average Bonchev–Trinajstić information content (AvgIpc) is 3.02. The molecule has 146 valence electrons. The van der Waals surface area contributed by atoms with E-state index in [2.05, 4.69) is 41.4 Å². The molecule has 0 saturated carbocycles. The highest BCUT2D eigenvalue weighted by molar-refractivity contribution is 9.10. The minimum Gasteiger partial charge on any atom is -0.461 e. The molecular formula is C15H15BrF3N5O3. The van der Waals surface area contributed by atoms with Crippen LogP contribution in [0.25, 0.3) is 5.69 Å². The van der Waals surface area contributed by atoms with Crippen molar-refractivity contribution < 1.29 is 27.5 Å². The van der Waals surface area contributed by atoms with Crippen LogP contribution in [0.2, 0.25) is 0 Å². The molecule has 0 fully saturated rings. The first-order valence-corrected chi connectivity index (χ1v) is 8.51. The fourth-order valence-corrected chi connectivity index (χ4v) is 2.45. The fraction of sp³-hybridized carbons (Fsp3) is 0.333. The van der Waals surface area contributed by atoms with Crippen LogP contribution >= 0.6 is 15.9 Å². The first-order chi connectivity index (χ1) is 12.7. The van der Waals surface area contributed by atoms with E-state index in [4.69, 9.17) is 0 Å². The van der Waals surface area contributed by atoms with E-state index in [1.54, 1.807) is 6.92 Å². The number of anilines is 1. The molecule has 2 rings (SSSR count). The summed E-state index contributed by atoms with van der Waals surface area (Å²) in [5.74, 6) is -1.10. The average molecular weight is 450 g/mol. The van der Waals surface area contributed by atoms with Crippen LogP contribution in [0.1, 0.15) is 29.9 Å². The number of esters is 1. The predicted molar refractivity (Wildman–Crippen MR) is 92.7 cm³/mol. The minimum atomic E-state index is -4.80. The lowest BCUT2D eigenvalue weighted by Gasteiger charge is -2.09. The zero-order valence-electron chi connectivity index (χ0n) is 14.2. The standard InChI is InChI=1S/C15H15BrF3N5O3/c1-3-20-14(26)22-11-5-10(9(16)6-21-11)24-7-8(15(17,18)19)12(23-24)13(25)27-4-2/h5-7H,3-4H2,1-2H3,(H2,20,21,22,26). The maximum absolute atomic E-state index is 13.3. The van der Waals surface area contributed by atoms with Crippen LogP contribution in [0, 0.1) is 0 Å². The third-order valence-corrected chi connectivity index (χ3v) is 3.76. The van der Waals surface area contributed by atoms with Crippen molar-refractivity contribution in [2.24, 2.45) is 0 Å². The molecule has 0 aliphatic heterocycles. The molecule has 0 aliphatic carbocycles. The molecule has 0 aromatic carbocycles. The number of hydrogen-bond acceptors (Lipinski definition) is 5. The molecule has 2 aromatic rings. The number of urea groups is 1. The number of aromatic nitrogens is 3. The molecule has 0 aliphatic rings. The molecule has 0 unspecified atom stereocenters. The second-order valence-corrected chi connectivity index (χ2v) is 5.91. The number of alkyl halides is 3. The fourth-order valence-electron chi connectivity index (χ4n) is 2.05. The Morgan fingerprint density at radius 3 is 2.63 bits per heavy atom. The Morgan fingerprint density at radius 2 is 2.04 bits per heavy atom. The number of hydrogen-bond donors (Lipinski definition) is 2. The van der Waals surface area contributed by atoms with Gasteiger partial charge in [0.25, 0.3) is 0 Å². The SMILES string of the molecule is CCNC(=O)Nc1cc(-n2cc(C(F)(F)F)c(C(=O)OCC)n2)c(Br)cn1. The van der Waals surface area contributed by atoms with Crippen molar-refractivity contribution in [2.45, 2.75) is 20.0 Å². The number of ether oxygens (including phenoxy) is 1. The molecule has 0 atom stereocenters. The van der Waals surface area contributed by atoms with E-state index in [-0.39, 0.29) is 18.1 Å². The van der Waals surface area contributed by atoms with E-state index in [1.807, 2.05) is 0 Å². The van der Waals surface area contributed by atoms with Crippen molar-refractivity contribution in [2.75, 3.05) is 18.5 Å². The van der Waals surface area contributed by atoms with Gasteiger partial charge >= 0.3 is 18.2 Å². The van der Waals surface area contributed by atoms with Crippen molar-refractivity contribution in [1.82, 2.24) is 20.1 Å². The van der Waals surface area contributed by atoms with Crippen LogP contribution in [-0.2, 0) is 10.9 Å². The topological polar surface area (TPSA) is 98.1 Å². The van der Waals surface area contributed by atoms with Crippen LogP contribution in [0.15, 0.2) is 22.9 Å². The molecule has 8 nitrogen and oxygen atoms in total. The Labute approximate surface area is 160 Å². The third-order valence-electron chi connectivity index (χ3n) is 3.15. The molecular weight excluding hydrogens is 435 g/mol. The van der Waals surface area contributed by atoms with Gasteiger partial charge in [-0.3, -0.25) is 5.32 Å². The monoisotopic (exact) mass is 449 g/mol. The lowest BCUT2D eigenvalue weighted by molar-refractivity contribution is -0.138. The van der Waals surface area contributed by atoms with Gasteiger partial charge in [0.15, 0.2) is 5.69 Å². The Hall–Kier alpha value is -2.63. The van der Waals surface area contributed by atoms with Crippen molar-refractivity contribution in [1.29, 1.82) is 0 Å². The number of carbonyl (C=O) groups excluding carboxylic acids is 2. The quantitative estimate of drug-likeness (QED) is 0.681. The largest absolute Gasteiger partial charge is 0.461 e.